The van der Waals surface area contributed by atoms with Crippen molar-refractivity contribution >= 4 is 16.6 Å². The van der Waals surface area contributed by atoms with Crippen LogP contribution in [0.15, 0.2) is 121 Å². The second-order valence-electron chi connectivity index (χ2n) is 23.6. The quantitative estimate of drug-likeness (QED) is 0.0515. The number of nitrogens with zero attached hydrogens (tertiary/aromatic N) is 1. The Bertz CT molecular complexity index is 3360. The molecule has 2 aliphatic carbocycles. The summed E-state index contributed by atoms with van der Waals surface area (Å²) in [7, 11) is 1.68. The number of hydrogen-bond donors (Lipinski definition) is 7. The van der Waals surface area contributed by atoms with Gasteiger partial charge in [0.1, 0.15) is 30.1 Å². The van der Waals surface area contributed by atoms with Crippen molar-refractivity contribution in [1.29, 1.82) is 0 Å². The van der Waals surface area contributed by atoms with Gasteiger partial charge in [-0.3, -0.25) is 5.32 Å². The van der Waals surface area contributed by atoms with Gasteiger partial charge in [-0.05, 0) is 176 Å². The van der Waals surface area contributed by atoms with Crippen LogP contribution in [0, 0.1) is 23.7 Å². The number of aromatic hydroxyl groups is 3. The minimum absolute atomic E-state index is 0.0347. The molecule has 6 bridgehead atoms. The molecular formula is C68H77N3O9. The van der Waals surface area contributed by atoms with E-state index in [-0.39, 0.29) is 72.2 Å². The van der Waals surface area contributed by atoms with Gasteiger partial charge in [-0.2, -0.15) is 0 Å². The number of benzene rings is 5. The maximum absolute atomic E-state index is 11.9. The molecule has 12 rings (SSSR count). The molecule has 6 aromatic rings. The van der Waals surface area contributed by atoms with Crippen molar-refractivity contribution in [3.8, 4) is 34.8 Å². The average Bonchev–Trinajstić information content (AvgIpc) is 4.04. The first-order valence-electron chi connectivity index (χ1n) is 29.4. The van der Waals surface area contributed by atoms with Crippen molar-refractivity contribution in [3.63, 3.8) is 0 Å². The van der Waals surface area contributed by atoms with Gasteiger partial charge in [0.25, 0.3) is 0 Å². The summed E-state index contributed by atoms with van der Waals surface area (Å²) >= 11 is 0. The molecule has 5 heterocycles. The summed E-state index contributed by atoms with van der Waals surface area (Å²) in [6.07, 6.45) is 19.7. The molecule has 1 spiro atoms. The minimum atomic E-state index is -0.700. The Morgan fingerprint density at radius 2 is 1.68 bits per heavy atom. The molecular weight excluding hydrogens is 1000 g/mol. The zero-order chi connectivity index (χ0) is 54.8. The zero-order valence-corrected chi connectivity index (χ0v) is 46.2. The van der Waals surface area contributed by atoms with Crippen molar-refractivity contribution in [2.75, 3.05) is 27.1 Å². The second kappa shape index (κ2) is 23.5. The van der Waals surface area contributed by atoms with Gasteiger partial charge in [-0.15, -0.1) is 0 Å². The van der Waals surface area contributed by atoms with Crippen molar-refractivity contribution in [1.82, 2.24) is 15.2 Å². The molecule has 7 N–H and O–H groups in total. The van der Waals surface area contributed by atoms with Crippen LogP contribution in [0.2, 0.25) is 0 Å². The number of ether oxygens (including phenoxy) is 4. The normalized spacial score (nSPS) is 24.7. The summed E-state index contributed by atoms with van der Waals surface area (Å²) in [6.45, 7) is 1.17. The molecule has 1 aromatic heterocycles. The molecule has 418 valence electrons. The number of fused-ring (bicyclic) bond motifs is 10. The zero-order valence-electron chi connectivity index (χ0n) is 46.2. The highest BCUT2D eigenvalue weighted by Crippen LogP contribution is 2.59. The Morgan fingerprint density at radius 1 is 0.800 bits per heavy atom. The summed E-state index contributed by atoms with van der Waals surface area (Å²) in [5.74, 6) is 9.38. The number of hydrogen-bond acceptors (Lipinski definition) is 11. The number of dihydropyridines is 1. The molecule has 2 fully saturated rings. The van der Waals surface area contributed by atoms with Crippen LogP contribution in [0.4, 0.5) is 0 Å². The number of methoxy groups -OCH3 is 1. The molecule has 1 saturated heterocycles. The standard InChI is InChI=1S/C68H77N3O9/c1-77-43-69-65-36-49-19-17-44(15-16-45-18-23-61(75)50(29-45)30-46-10-7-12-55(73)31-46)9-8-13-57-37-56(74)22-20-48-35-63(62(76)34-52(48)40-72)79-41-53-33-54(32-51-38-71(39-58(51)53)66(70-65)59(49)42-78-57)68-27-28-80-67(25-5-2-6-26-67)64(68)24-21-47-11-3-4-14-60(47)68/h3-4,7,10-12,14,18,23,29,31-36,38-39,44,56-57,64-65,69-70,72-76H,2,5-6,8-9,13,15-16,20-22,24-28,30,37,40-43H2,1H3/t44-,56+,57-,64+,65?,68+/m0/s1. The lowest BCUT2D eigenvalue weighted by Gasteiger charge is -2.59. The predicted molar refractivity (Wildman–Crippen MR) is 310 cm³/mol. The fourth-order valence-electron chi connectivity index (χ4n) is 14.6. The second-order valence-corrected chi connectivity index (χ2v) is 23.6. The van der Waals surface area contributed by atoms with Crippen molar-refractivity contribution < 1.29 is 44.5 Å². The van der Waals surface area contributed by atoms with E-state index in [0.717, 1.165) is 120 Å². The highest BCUT2D eigenvalue weighted by molar-refractivity contribution is 5.89. The molecule has 1 unspecified atom stereocenters. The smallest absolute Gasteiger partial charge is 0.161 e. The summed E-state index contributed by atoms with van der Waals surface area (Å²) in [5, 5.41) is 64.5. The monoisotopic (exact) mass is 1080 g/mol. The van der Waals surface area contributed by atoms with E-state index in [0.29, 0.717) is 50.3 Å². The van der Waals surface area contributed by atoms with Gasteiger partial charge in [0.05, 0.1) is 37.8 Å². The fraction of sp³-hybridized carbons (Fsp3) is 0.441. The summed E-state index contributed by atoms with van der Waals surface area (Å²) in [6, 6.07) is 30.4. The highest BCUT2D eigenvalue weighted by atomic mass is 16.5. The van der Waals surface area contributed by atoms with Gasteiger partial charge < -0.3 is 54.4 Å². The molecule has 12 heteroatoms. The maximum atomic E-state index is 11.9. The summed E-state index contributed by atoms with van der Waals surface area (Å²) in [5.41, 5.74) is 10.6. The number of aromatic nitrogens is 1. The number of nitrogens with one attached hydrogen (secondary N) is 2. The molecule has 1 saturated carbocycles. The van der Waals surface area contributed by atoms with Gasteiger partial charge in [-0.1, -0.05) is 85.7 Å². The number of rotatable bonds is 10. The third-order valence-corrected chi connectivity index (χ3v) is 18.6. The van der Waals surface area contributed by atoms with Gasteiger partial charge in [0.15, 0.2) is 11.5 Å². The van der Waals surface area contributed by atoms with Gasteiger partial charge in [0, 0.05) is 71.7 Å². The molecule has 5 aromatic carbocycles. The first-order valence-corrected chi connectivity index (χ1v) is 29.4. The largest absolute Gasteiger partial charge is 0.508 e. The first kappa shape index (κ1) is 54.0. The lowest BCUT2D eigenvalue weighted by Crippen LogP contribution is -2.59. The molecule has 4 aliphatic heterocycles. The van der Waals surface area contributed by atoms with E-state index in [4.69, 9.17) is 18.9 Å². The molecule has 80 heavy (non-hydrogen) atoms. The van der Waals surface area contributed by atoms with Crippen LogP contribution in [0.3, 0.4) is 0 Å². The topological polar surface area (TPSA) is 167 Å². The lowest BCUT2D eigenvalue weighted by molar-refractivity contribution is -0.166. The number of aliphatic hydroxyl groups excluding tert-OH is 2. The lowest BCUT2D eigenvalue weighted by atomic mass is 9.51. The van der Waals surface area contributed by atoms with Gasteiger partial charge >= 0.3 is 0 Å². The van der Waals surface area contributed by atoms with Crippen LogP contribution >= 0.6 is 0 Å². The Morgan fingerprint density at radius 3 is 2.54 bits per heavy atom. The number of aliphatic hydroxyl groups is 2. The molecule has 6 aliphatic rings. The first-order chi connectivity index (χ1) is 39.1. The van der Waals surface area contributed by atoms with Crippen molar-refractivity contribution in [2.24, 2.45) is 11.8 Å². The van der Waals surface area contributed by atoms with Crippen LogP contribution in [0.5, 0.6) is 23.0 Å². The van der Waals surface area contributed by atoms with E-state index < -0.39 is 6.10 Å². The van der Waals surface area contributed by atoms with E-state index >= 15 is 0 Å². The van der Waals surface area contributed by atoms with E-state index in [1.807, 2.05) is 24.3 Å². The Balaban J connectivity index is 0.983. The SMILES string of the molecule is COCNC1C=C2C#C[C@H](CCc3ccc(O)c(Cc4cccc(O)c4)c3)CCC[C@H]3C[C@H](O)CCc4cc(c(O)cc4CO)OCc4cc([C@@]56CCOC7(CCCCC7)[C@H]5CCc5ccccc56)cc5cn(cc45)C(=C2CO3)N1. The summed E-state index contributed by atoms with van der Waals surface area (Å²) < 4.78 is 28.7. The molecule has 6 atom stereocenters. The van der Waals surface area contributed by atoms with Crippen LogP contribution in [-0.2, 0) is 58.5 Å². The number of aryl methyl sites for hydroxylation is 3. The third kappa shape index (κ3) is 11.0. The van der Waals surface area contributed by atoms with E-state index in [1.54, 1.807) is 31.4 Å². The fourth-order valence-corrected chi connectivity index (χ4v) is 14.6. The van der Waals surface area contributed by atoms with E-state index in [9.17, 15) is 25.5 Å². The van der Waals surface area contributed by atoms with Crippen LogP contribution in [0.25, 0.3) is 16.6 Å². The van der Waals surface area contributed by atoms with Gasteiger partial charge in [0.2, 0.25) is 0 Å². The van der Waals surface area contributed by atoms with Crippen LogP contribution in [0.1, 0.15) is 134 Å². The van der Waals surface area contributed by atoms with Gasteiger partial charge in [-0.25, -0.2) is 0 Å². The average molecular weight is 1080 g/mol. The molecule has 12 nitrogen and oxygen atoms in total. The molecule has 0 radical (unpaired) electrons. The number of phenolic OH excluding ortho intramolecular Hbond substituents is 3. The Hall–Kier alpha value is -6.56. The third-order valence-electron chi connectivity index (χ3n) is 18.6. The number of phenols is 3. The van der Waals surface area contributed by atoms with Crippen LogP contribution in [-0.4, -0.2) is 81.1 Å². The van der Waals surface area contributed by atoms with Crippen LogP contribution < -0.4 is 15.4 Å². The predicted octanol–water partition coefficient (Wildman–Crippen LogP) is 11.1. The minimum Gasteiger partial charge on any atom is -0.508 e. The van der Waals surface area contributed by atoms with Crippen molar-refractivity contribution in [3.05, 3.63) is 171 Å². The maximum Gasteiger partial charge on any atom is 0.161 e. The van der Waals surface area contributed by atoms with E-state index in [2.05, 4.69) is 88.0 Å². The Kier molecular flexibility index (Phi) is 15.9. The Labute approximate surface area is 470 Å². The molecule has 0 amide bonds. The van der Waals surface area contributed by atoms with Crippen molar-refractivity contribution in [2.45, 2.75) is 152 Å². The summed E-state index contributed by atoms with van der Waals surface area (Å²) in [4.78, 5) is 0. The highest BCUT2D eigenvalue weighted by Gasteiger charge is 2.58. The van der Waals surface area contributed by atoms with E-state index in [1.165, 1.54) is 36.0 Å².